The fourth-order valence-corrected chi connectivity index (χ4v) is 6.86. The standard InChI is InChI=1S/C22H29F5O8S/c23-20(24,36(30,31)32)12-33-21(22(25,26)27,18(29)34-16-4-2-1-3-5-16)35-17(28)19-9-13-6-14(10-19)8-15(7-13)11-19/h13-16H,1-12H2,(H,30,31,32). The highest BCUT2D eigenvalue weighted by molar-refractivity contribution is 7.86. The van der Waals surface area contributed by atoms with Gasteiger partial charge in [-0.25, -0.2) is 4.79 Å². The van der Waals surface area contributed by atoms with Gasteiger partial charge in [-0.05, 0) is 82.0 Å². The van der Waals surface area contributed by atoms with Crippen LogP contribution in [0, 0.1) is 23.2 Å². The Morgan fingerprint density at radius 3 is 1.83 bits per heavy atom. The van der Waals surface area contributed by atoms with Crippen LogP contribution in [0.4, 0.5) is 22.0 Å². The summed E-state index contributed by atoms with van der Waals surface area (Å²) in [5, 5.41) is -5.22. The van der Waals surface area contributed by atoms with Gasteiger partial charge in [0.15, 0.2) is 0 Å². The van der Waals surface area contributed by atoms with Crippen LogP contribution < -0.4 is 0 Å². The highest BCUT2D eigenvalue weighted by Gasteiger charge is 2.71. The first kappa shape index (κ1) is 27.5. The molecule has 0 aromatic heterocycles. The molecule has 0 saturated heterocycles. The highest BCUT2D eigenvalue weighted by Crippen LogP contribution is 2.61. The molecule has 206 valence electrons. The average molecular weight is 549 g/mol. The monoisotopic (exact) mass is 548 g/mol. The first-order valence-corrected chi connectivity index (χ1v) is 13.5. The number of carbonyl (C=O) groups is 2. The summed E-state index contributed by atoms with van der Waals surface area (Å²) in [5.41, 5.74) is -1.33. The number of hydrogen-bond acceptors (Lipinski definition) is 7. The van der Waals surface area contributed by atoms with Crippen LogP contribution in [0.5, 0.6) is 0 Å². The molecular weight excluding hydrogens is 519 g/mol. The van der Waals surface area contributed by atoms with Crippen LogP contribution in [0.15, 0.2) is 0 Å². The molecule has 1 atom stereocenters. The minimum atomic E-state index is -6.21. The summed E-state index contributed by atoms with van der Waals surface area (Å²) in [5.74, 6) is -7.99. The van der Waals surface area contributed by atoms with E-state index >= 15 is 0 Å². The number of ether oxygens (including phenoxy) is 3. The summed E-state index contributed by atoms with van der Waals surface area (Å²) in [6, 6.07) is 0. The van der Waals surface area contributed by atoms with E-state index in [0.717, 1.165) is 25.7 Å². The Balaban J connectivity index is 1.66. The number of esters is 2. The van der Waals surface area contributed by atoms with Crippen LogP contribution >= 0.6 is 0 Å². The van der Waals surface area contributed by atoms with Crippen molar-refractivity contribution in [2.75, 3.05) is 6.61 Å². The lowest BCUT2D eigenvalue weighted by Crippen LogP contribution is -2.62. The molecule has 5 saturated carbocycles. The summed E-state index contributed by atoms with van der Waals surface area (Å²) < 4.78 is 116. The molecule has 0 aromatic carbocycles. The van der Waals surface area contributed by atoms with E-state index in [9.17, 15) is 40.0 Å². The van der Waals surface area contributed by atoms with Gasteiger partial charge in [0, 0.05) is 0 Å². The molecule has 0 aromatic rings. The average Bonchev–Trinajstić information content (AvgIpc) is 2.74. The van der Waals surface area contributed by atoms with Gasteiger partial charge in [0.05, 0.1) is 5.41 Å². The van der Waals surface area contributed by atoms with E-state index in [1.807, 2.05) is 0 Å². The van der Waals surface area contributed by atoms with Crippen LogP contribution in [-0.2, 0) is 33.9 Å². The van der Waals surface area contributed by atoms with Gasteiger partial charge in [-0.3, -0.25) is 9.35 Å². The second kappa shape index (κ2) is 9.33. The molecule has 14 heteroatoms. The van der Waals surface area contributed by atoms with Crippen molar-refractivity contribution in [3.05, 3.63) is 0 Å². The molecular formula is C22H29F5O8S. The van der Waals surface area contributed by atoms with E-state index in [0.29, 0.717) is 12.8 Å². The first-order chi connectivity index (χ1) is 16.6. The quantitative estimate of drug-likeness (QED) is 0.206. The second-order valence-corrected chi connectivity index (χ2v) is 12.3. The van der Waals surface area contributed by atoms with Crippen molar-refractivity contribution in [3.8, 4) is 0 Å². The molecule has 0 amide bonds. The van der Waals surface area contributed by atoms with Crippen molar-refractivity contribution in [2.45, 2.75) is 94.0 Å². The van der Waals surface area contributed by atoms with Crippen molar-refractivity contribution in [3.63, 3.8) is 0 Å². The van der Waals surface area contributed by atoms with E-state index in [-0.39, 0.29) is 49.9 Å². The maximum absolute atomic E-state index is 14.4. The summed E-state index contributed by atoms with van der Waals surface area (Å²) in [7, 11) is -6.21. The van der Waals surface area contributed by atoms with Crippen molar-refractivity contribution in [1.82, 2.24) is 0 Å². The molecule has 1 N–H and O–H groups in total. The van der Waals surface area contributed by atoms with E-state index < -0.39 is 57.4 Å². The molecule has 4 bridgehead atoms. The fraction of sp³-hybridized carbons (Fsp3) is 0.909. The van der Waals surface area contributed by atoms with Gasteiger partial charge in [-0.2, -0.15) is 30.4 Å². The molecule has 8 nitrogen and oxygen atoms in total. The third kappa shape index (κ3) is 5.09. The number of carbonyl (C=O) groups excluding carboxylic acids is 2. The Morgan fingerprint density at radius 1 is 0.889 bits per heavy atom. The zero-order valence-electron chi connectivity index (χ0n) is 19.4. The molecule has 5 aliphatic rings. The third-order valence-electron chi connectivity index (χ3n) is 8.00. The molecule has 0 heterocycles. The topological polar surface area (TPSA) is 116 Å². The molecule has 0 spiro atoms. The van der Waals surface area contributed by atoms with Crippen LogP contribution in [0.3, 0.4) is 0 Å². The van der Waals surface area contributed by atoms with Crippen molar-refractivity contribution in [1.29, 1.82) is 0 Å². The Bertz CT molecular complexity index is 940. The van der Waals surface area contributed by atoms with Crippen LogP contribution in [0.25, 0.3) is 0 Å². The predicted molar refractivity (Wildman–Crippen MR) is 111 cm³/mol. The van der Waals surface area contributed by atoms with E-state index in [2.05, 4.69) is 4.74 Å². The maximum Gasteiger partial charge on any atom is 0.468 e. The summed E-state index contributed by atoms with van der Waals surface area (Å²) in [6.45, 7) is -2.60. The van der Waals surface area contributed by atoms with Gasteiger partial charge < -0.3 is 14.2 Å². The summed E-state index contributed by atoms with van der Waals surface area (Å²) in [4.78, 5) is 26.2. The minimum absolute atomic E-state index is 0.100. The van der Waals surface area contributed by atoms with Gasteiger partial charge in [0.2, 0.25) is 0 Å². The van der Waals surface area contributed by atoms with Gasteiger partial charge >= 0.3 is 39.3 Å². The molecule has 5 rings (SSSR count). The van der Waals surface area contributed by atoms with E-state index in [4.69, 9.17) is 14.0 Å². The van der Waals surface area contributed by atoms with Gasteiger partial charge in [0.1, 0.15) is 12.7 Å². The Labute approximate surface area is 204 Å². The van der Waals surface area contributed by atoms with E-state index in [1.54, 1.807) is 0 Å². The zero-order valence-corrected chi connectivity index (χ0v) is 20.2. The summed E-state index contributed by atoms with van der Waals surface area (Å²) >= 11 is 0. The number of alkyl halides is 5. The van der Waals surface area contributed by atoms with Crippen molar-refractivity contribution >= 4 is 22.1 Å². The molecule has 5 aliphatic carbocycles. The van der Waals surface area contributed by atoms with Crippen molar-refractivity contribution in [2.24, 2.45) is 23.2 Å². The lowest BCUT2D eigenvalue weighted by molar-refractivity contribution is -0.365. The molecule has 1 unspecified atom stereocenters. The van der Waals surface area contributed by atoms with Gasteiger partial charge in [-0.1, -0.05) is 6.42 Å². The Kier molecular flexibility index (Phi) is 7.13. The lowest BCUT2D eigenvalue weighted by atomic mass is 9.49. The number of hydrogen-bond donors (Lipinski definition) is 1. The molecule has 36 heavy (non-hydrogen) atoms. The molecule has 5 fully saturated rings. The highest BCUT2D eigenvalue weighted by atomic mass is 32.2. The Morgan fingerprint density at radius 2 is 1.39 bits per heavy atom. The fourth-order valence-electron chi connectivity index (χ4n) is 6.66. The van der Waals surface area contributed by atoms with E-state index in [1.165, 1.54) is 0 Å². The zero-order chi connectivity index (χ0) is 26.6. The largest absolute Gasteiger partial charge is 0.468 e. The van der Waals surface area contributed by atoms with Crippen molar-refractivity contribution < 1.29 is 58.7 Å². The smallest absolute Gasteiger partial charge is 0.457 e. The molecule has 0 aliphatic heterocycles. The predicted octanol–water partition coefficient (Wildman–Crippen LogP) is 4.38. The SMILES string of the molecule is O=C(OC(OCC(F)(F)S(=O)(=O)O)(C(=O)OC1CCCCC1)C(F)(F)F)C12CC3CC(CC(C3)C1)C2. The molecule has 0 radical (unpaired) electrons. The maximum atomic E-state index is 14.4. The van der Waals surface area contributed by atoms with Gasteiger partial charge in [-0.15, -0.1) is 0 Å². The number of halogens is 5. The summed E-state index contributed by atoms with van der Waals surface area (Å²) in [6.07, 6.45) is -1.39. The first-order valence-electron chi connectivity index (χ1n) is 12.1. The van der Waals surface area contributed by atoms with Crippen LogP contribution in [0.1, 0.15) is 70.6 Å². The second-order valence-electron chi connectivity index (χ2n) is 10.8. The third-order valence-corrected chi connectivity index (χ3v) is 8.87. The minimum Gasteiger partial charge on any atom is -0.457 e. The van der Waals surface area contributed by atoms with Crippen LogP contribution in [0.2, 0.25) is 0 Å². The number of rotatable bonds is 8. The normalized spacial score (nSPS) is 32.7. The lowest BCUT2D eigenvalue weighted by Gasteiger charge is -2.55. The van der Waals surface area contributed by atoms with Gasteiger partial charge in [0.25, 0.3) is 0 Å². The van der Waals surface area contributed by atoms with Crippen LogP contribution in [-0.4, -0.2) is 54.8 Å². The Hall–Kier alpha value is -1.54.